The monoisotopic (exact) mass is 380 g/mol. The molecule has 8 heteroatoms. The molecule has 0 aliphatic carbocycles. The molecule has 3 aromatic rings. The number of pyridine rings is 1. The van der Waals surface area contributed by atoms with Crippen LogP contribution in [0.1, 0.15) is 0 Å². The number of hydrogen-bond donors (Lipinski definition) is 1. The molecule has 0 spiro atoms. The Kier molecular flexibility index (Phi) is 5.38. The molecule has 0 saturated carbocycles. The van der Waals surface area contributed by atoms with Crippen molar-refractivity contribution in [3.8, 4) is 5.75 Å². The molecule has 3 heterocycles. The number of rotatable bonds is 5. The van der Waals surface area contributed by atoms with Gasteiger partial charge in [0, 0.05) is 45.5 Å². The number of ether oxygens (including phenoxy) is 1. The normalized spacial score (nSPS) is 15.0. The highest BCUT2D eigenvalue weighted by Gasteiger charge is 2.21. The third-order valence-corrected chi connectivity index (χ3v) is 5.04. The Balaban J connectivity index is 1.28. The van der Waals surface area contributed by atoms with Gasteiger partial charge in [-0.3, -0.25) is 4.90 Å². The number of methoxy groups -OCH3 is 1. The lowest BCUT2D eigenvalue weighted by Gasteiger charge is -2.34. The molecule has 0 atom stereocenters. The third-order valence-electron chi connectivity index (χ3n) is 5.04. The summed E-state index contributed by atoms with van der Waals surface area (Å²) in [6.07, 6.45) is 3.63. The number of nitrogens with zero attached hydrogens (tertiary/aromatic N) is 5. The van der Waals surface area contributed by atoms with E-state index >= 15 is 0 Å². The minimum atomic E-state index is -0.0889. The fourth-order valence-corrected chi connectivity index (χ4v) is 3.43. The van der Waals surface area contributed by atoms with Gasteiger partial charge >= 0.3 is 6.03 Å². The maximum atomic E-state index is 12.6. The second-order valence-corrected chi connectivity index (χ2v) is 6.74. The van der Waals surface area contributed by atoms with E-state index in [1.165, 1.54) is 0 Å². The number of nitrogens with one attached hydrogen (secondary N) is 1. The summed E-state index contributed by atoms with van der Waals surface area (Å²) < 4.78 is 7.37. The van der Waals surface area contributed by atoms with E-state index in [1.807, 2.05) is 47.6 Å². The van der Waals surface area contributed by atoms with E-state index < -0.39 is 0 Å². The summed E-state index contributed by atoms with van der Waals surface area (Å²) in [4.78, 5) is 25.5. The van der Waals surface area contributed by atoms with Crippen molar-refractivity contribution in [2.45, 2.75) is 6.54 Å². The van der Waals surface area contributed by atoms with Gasteiger partial charge in [0.2, 0.25) is 0 Å². The van der Waals surface area contributed by atoms with Gasteiger partial charge in [-0.1, -0.05) is 12.1 Å². The Hall–Kier alpha value is -3.13. The SMILES string of the molecule is COc1ccccc1NC(=O)N1CCN(CCn2cnc3cccnc32)CC1. The van der Waals surface area contributed by atoms with E-state index in [2.05, 4.69) is 24.8 Å². The van der Waals surface area contributed by atoms with E-state index in [0.29, 0.717) is 24.5 Å². The van der Waals surface area contributed by atoms with Crippen molar-refractivity contribution in [1.82, 2.24) is 24.3 Å². The number of piperazine rings is 1. The minimum Gasteiger partial charge on any atom is -0.495 e. The number of anilines is 1. The van der Waals surface area contributed by atoms with E-state index in [4.69, 9.17) is 4.74 Å². The molecule has 1 N–H and O–H groups in total. The molecule has 0 radical (unpaired) electrons. The second-order valence-electron chi connectivity index (χ2n) is 6.74. The van der Waals surface area contributed by atoms with Crippen molar-refractivity contribution in [2.75, 3.05) is 45.2 Å². The topological polar surface area (TPSA) is 75.5 Å². The number of hydrogen-bond acceptors (Lipinski definition) is 5. The third kappa shape index (κ3) is 3.91. The highest BCUT2D eigenvalue weighted by molar-refractivity contribution is 5.91. The molecule has 0 unspecified atom stereocenters. The van der Waals surface area contributed by atoms with Crippen LogP contribution in [0.3, 0.4) is 0 Å². The highest BCUT2D eigenvalue weighted by Crippen LogP contribution is 2.23. The number of urea groups is 1. The fourth-order valence-electron chi connectivity index (χ4n) is 3.43. The van der Waals surface area contributed by atoms with Crippen molar-refractivity contribution in [1.29, 1.82) is 0 Å². The molecular weight excluding hydrogens is 356 g/mol. The summed E-state index contributed by atoms with van der Waals surface area (Å²) in [6.45, 7) is 4.83. The number of carbonyl (C=O) groups excluding carboxylic acids is 1. The first-order chi connectivity index (χ1) is 13.7. The Labute approximate surface area is 163 Å². The zero-order valence-corrected chi connectivity index (χ0v) is 15.9. The standard InChI is InChI=1S/C20H24N6O2/c1-28-18-7-3-2-5-16(18)23-20(27)25-12-9-24(10-13-25)11-14-26-15-22-17-6-4-8-21-19(17)26/h2-8,15H,9-14H2,1H3,(H,23,27). The van der Waals surface area contributed by atoms with Gasteiger partial charge in [0.15, 0.2) is 5.65 Å². The van der Waals surface area contributed by atoms with Crippen LogP contribution in [0.5, 0.6) is 5.75 Å². The number of imidazole rings is 1. The van der Waals surface area contributed by atoms with Crippen molar-refractivity contribution in [2.24, 2.45) is 0 Å². The smallest absolute Gasteiger partial charge is 0.322 e. The summed E-state index contributed by atoms with van der Waals surface area (Å²) >= 11 is 0. The molecule has 1 aliphatic heterocycles. The molecule has 146 valence electrons. The number of fused-ring (bicyclic) bond motifs is 1. The molecule has 2 aromatic heterocycles. The number of benzene rings is 1. The van der Waals surface area contributed by atoms with Gasteiger partial charge in [-0.25, -0.2) is 14.8 Å². The summed E-state index contributed by atoms with van der Waals surface area (Å²) in [7, 11) is 1.60. The van der Waals surface area contributed by atoms with Crippen molar-refractivity contribution in [3.63, 3.8) is 0 Å². The van der Waals surface area contributed by atoms with Crippen LogP contribution in [0.25, 0.3) is 11.2 Å². The van der Waals surface area contributed by atoms with E-state index in [0.717, 1.165) is 37.3 Å². The molecule has 1 aromatic carbocycles. The fraction of sp³-hybridized carbons (Fsp3) is 0.350. The Bertz CT molecular complexity index is 949. The van der Waals surface area contributed by atoms with Gasteiger partial charge < -0.3 is 19.5 Å². The van der Waals surface area contributed by atoms with E-state index in [1.54, 1.807) is 13.3 Å². The lowest BCUT2D eigenvalue weighted by molar-refractivity contribution is 0.144. The van der Waals surface area contributed by atoms with Crippen molar-refractivity contribution >= 4 is 22.9 Å². The zero-order valence-electron chi connectivity index (χ0n) is 15.9. The zero-order chi connectivity index (χ0) is 19.3. The van der Waals surface area contributed by atoms with Gasteiger partial charge in [0.05, 0.1) is 19.1 Å². The van der Waals surface area contributed by atoms with Crippen LogP contribution in [0.4, 0.5) is 10.5 Å². The largest absolute Gasteiger partial charge is 0.495 e. The summed E-state index contributed by atoms with van der Waals surface area (Å²) in [5.74, 6) is 0.663. The van der Waals surface area contributed by atoms with Crippen LogP contribution in [0.15, 0.2) is 48.9 Å². The molecule has 1 aliphatic rings. The average molecular weight is 380 g/mol. The van der Waals surface area contributed by atoms with Crippen LogP contribution in [0, 0.1) is 0 Å². The van der Waals surface area contributed by atoms with Crippen LogP contribution < -0.4 is 10.1 Å². The van der Waals surface area contributed by atoms with Crippen molar-refractivity contribution < 1.29 is 9.53 Å². The molecule has 1 saturated heterocycles. The predicted molar refractivity (Wildman–Crippen MR) is 108 cm³/mol. The first-order valence-electron chi connectivity index (χ1n) is 9.42. The van der Waals surface area contributed by atoms with Crippen LogP contribution in [-0.4, -0.2) is 70.2 Å². The average Bonchev–Trinajstić information content (AvgIpc) is 3.16. The van der Waals surface area contributed by atoms with Crippen LogP contribution >= 0.6 is 0 Å². The number of carbonyl (C=O) groups is 1. The van der Waals surface area contributed by atoms with Crippen LogP contribution in [-0.2, 0) is 6.54 Å². The van der Waals surface area contributed by atoms with Gasteiger partial charge in [0.25, 0.3) is 0 Å². The minimum absolute atomic E-state index is 0.0889. The Morgan fingerprint density at radius 2 is 1.89 bits per heavy atom. The second kappa shape index (κ2) is 8.26. The lowest BCUT2D eigenvalue weighted by Crippen LogP contribution is -2.50. The Morgan fingerprint density at radius 1 is 1.07 bits per heavy atom. The summed E-state index contributed by atoms with van der Waals surface area (Å²) in [5.41, 5.74) is 2.52. The summed E-state index contributed by atoms with van der Waals surface area (Å²) in [5, 5.41) is 2.94. The molecule has 4 rings (SSSR count). The molecular formula is C20H24N6O2. The van der Waals surface area contributed by atoms with Crippen molar-refractivity contribution in [3.05, 3.63) is 48.9 Å². The van der Waals surface area contributed by atoms with Crippen LogP contribution in [0.2, 0.25) is 0 Å². The quantitative estimate of drug-likeness (QED) is 0.735. The molecule has 2 amide bonds. The summed E-state index contributed by atoms with van der Waals surface area (Å²) in [6, 6.07) is 11.2. The highest BCUT2D eigenvalue weighted by atomic mass is 16.5. The maximum absolute atomic E-state index is 12.6. The molecule has 8 nitrogen and oxygen atoms in total. The number of amides is 2. The number of para-hydroxylation sites is 2. The number of aromatic nitrogens is 3. The molecule has 1 fully saturated rings. The predicted octanol–water partition coefficient (Wildman–Crippen LogP) is 2.29. The molecule has 0 bridgehead atoms. The maximum Gasteiger partial charge on any atom is 0.322 e. The van der Waals surface area contributed by atoms with Gasteiger partial charge in [-0.15, -0.1) is 0 Å². The lowest BCUT2D eigenvalue weighted by atomic mass is 10.3. The van der Waals surface area contributed by atoms with Gasteiger partial charge in [-0.2, -0.15) is 0 Å². The van der Waals surface area contributed by atoms with Gasteiger partial charge in [0.1, 0.15) is 11.3 Å². The van der Waals surface area contributed by atoms with Gasteiger partial charge in [-0.05, 0) is 24.3 Å². The molecule has 28 heavy (non-hydrogen) atoms. The van der Waals surface area contributed by atoms with E-state index in [9.17, 15) is 4.79 Å². The van der Waals surface area contributed by atoms with E-state index in [-0.39, 0.29) is 6.03 Å². The first-order valence-corrected chi connectivity index (χ1v) is 9.42. The first kappa shape index (κ1) is 18.2. The Morgan fingerprint density at radius 3 is 2.71 bits per heavy atom.